The minimum Gasteiger partial charge on any atom is -0.510 e. The van der Waals surface area contributed by atoms with Crippen LogP contribution in [0.1, 0.15) is 59.5 Å². The number of para-hydroxylation sites is 2. The number of rotatable bonds is 9. The third kappa shape index (κ3) is 7.67. The van der Waals surface area contributed by atoms with Crippen LogP contribution in [0.5, 0.6) is 11.5 Å². The topological polar surface area (TPSA) is 35.9 Å². The minimum absolute atomic E-state index is 0. The van der Waals surface area contributed by atoms with Crippen LogP contribution >= 0.6 is 0 Å². The molecule has 0 saturated carbocycles. The van der Waals surface area contributed by atoms with Gasteiger partial charge in [0.05, 0.1) is 30.4 Å². The van der Waals surface area contributed by atoms with Gasteiger partial charge in [0.15, 0.2) is 0 Å². The minimum atomic E-state index is -0.568. The van der Waals surface area contributed by atoms with E-state index in [1.54, 1.807) is 33.4 Å². The summed E-state index contributed by atoms with van der Waals surface area (Å²) in [7, 11) is 0. The first-order valence-electron chi connectivity index (χ1n) is 25.2. The Morgan fingerprint density at radius 1 is 0.710 bits per heavy atom. The zero-order valence-corrected chi connectivity index (χ0v) is 37.0. The van der Waals surface area contributed by atoms with Crippen LogP contribution in [-0.4, -0.2) is 14.1 Å². The SMILES string of the molecule is [2H]c1c([2H])c([2H])c(-c2cccc(-c3c([2H])c([2H])c([2H])c([2H])c3[2H])c2-[n+]2[c-]n(-c3[c-]c(Oc4[c-]c5c(cc4)c4ccccc4n5-c4cc(C(C)(C)C)ccn4)ccc3)c3ccc(CC(C)C)cc32)c([2H])c1[2H].[Pt]. The molecule has 0 aliphatic carbocycles. The fourth-order valence-corrected chi connectivity index (χ4v) is 7.98. The molecule has 7 aromatic carbocycles. The van der Waals surface area contributed by atoms with Crippen LogP contribution in [0.15, 0.2) is 170 Å². The van der Waals surface area contributed by atoms with Crippen LogP contribution in [0.25, 0.3) is 72.3 Å². The van der Waals surface area contributed by atoms with Gasteiger partial charge in [-0.2, -0.15) is 18.2 Å². The second-order valence-corrected chi connectivity index (χ2v) is 16.5. The third-order valence-electron chi connectivity index (χ3n) is 10.8. The molecule has 0 amide bonds. The van der Waals surface area contributed by atoms with E-state index in [9.17, 15) is 0 Å². The molecule has 0 saturated heterocycles. The summed E-state index contributed by atoms with van der Waals surface area (Å²) in [6.07, 6.45) is 6.01. The standard InChI is InChI=1S/C56H46N4O.Pt/c1-38(2)32-39-26-29-51-53(33-39)59(55-46(40-16-8-6-9-17-40)23-15-24-47(55)41-18-10-7-11-19-41)37-58(51)43-20-14-21-44(35-43)61-45-27-28-49-48-22-12-13-25-50(48)60(52(49)36-45)54-34-42(30-31-57-54)56(3,4)5;/h6-31,33-34,38H,32H2,1-5H3;/q-2;/i6D,7D,8D,9D,10D,11D,16D,17D,18D,19D;. The summed E-state index contributed by atoms with van der Waals surface area (Å²) >= 11 is 0. The first-order chi connectivity index (χ1) is 33.8. The number of benzene rings is 7. The molecule has 0 aliphatic rings. The maximum atomic E-state index is 9.09. The van der Waals surface area contributed by atoms with E-state index in [-0.39, 0.29) is 60.3 Å². The van der Waals surface area contributed by atoms with Crippen LogP contribution < -0.4 is 9.30 Å². The number of aromatic nitrogens is 4. The average Bonchev–Trinajstić information content (AvgIpc) is 3.89. The molecule has 0 atom stereocenters. The molecule has 10 rings (SSSR count). The second-order valence-electron chi connectivity index (χ2n) is 16.5. The zero-order valence-electron chi connectivity index (χ0n) is 44.7. The van der Waals surface area contributed by atoms with Crippen molar-refractivity contribution in [1.82, 2.24) is 14.1 Å². The van der Waals surface area contributed by atoms with Gasteiger partial charge in [0.2, 0.25) is 0 Å². The Kier molecular flexibility index (Phi) is 8.22. The molecule has 0 aliphatic heterocycles. The van der Waals surface area contributed by atoms with Crippen LogP contribution in [0.3, 0.4) is 0 Å². The summed E-state index contributed by atoms with van der Waals surface area (Å²) in [5.74, 6) is 1.84. The molecule has 3 aromatic heterocycles. The van der Waals surface area contributed by atoms with E-state index in [2.05, 4.69) is 75.8 Å². The number of hydrogen-bond acceptors (Lipinski definition) is 2. The summed E-state index contributed by atoms with van der Waals surface area (Å²) in [6, 6.07) is 34.2. The molecule has 308 valence electrons. The number of ether oxygens (including phenoxy) is 1. The predicted octanol–water partition coefficient (Wildman–Crippen LogP) is 13.4. The summed E-state index contributed by atoms with van der Waals surface area (Å²) in [6.45, 7) is 10.7. The van der Waals surface area contributed by atoms with Crippen LogP contribution in [-0.2, 0) is 32.9 Å². The number of nitrogens with zero attached hydrogens (tertiary/aromatic N) is 4. The molecule has 0 bridgehead atoms. The summed E-state index contributed by atoms with van der Waals surface area (Å²) < 4.78 is 99.8. The van der Waals surface area contributed by atoms with Gasteiger partial charge in [-0.05, 0) is 80.9 Å². The Hall–Kier alpha value is -6.55. The first kappa shape index (κ1) is 30.5. The Morgan fingerprint density at radius 3 is 2.11 bits per heavy atom. The zero-order chi connectivity index (χ0) is 50.4. The van der Waals surface area contributed by atoms with Crippen LogP contribution in [0, 0.1) is 24.4 Å². The van der Waals surface area contributed by atoms with E-state index in [1.807, 2.05) is 66.9 Å². The third-order valence-corrected chi connectivity index (χ3v) is 10.8. The van der Waals surface area contributed by atoms with Crippen molar-refractivity contribution in [2.45, 2.75) is 46.5 Å². The van der Waals surface area contributed by atoms with Crippen LogP contribution in [0.4, 0.5) is 0 Å². The molecule has 5 nitrogen and oxygen atoms in total. The van der Waals surface area contributed by atoms with Gasteiger partial charge in [-0.3, -0.25) is 4.57 Å². The summed E-state index contributed by atoms with van der Waals surface area (Å²) in [5, 5.41) is 2.03. The van der Waals surface area contributed by atoms with E-state index in [0.717, 1.165) is 38.8 Å². The summed E-state index contributed by atoms with van der Waals surface area (Å²) in [5.41, 5.74) is 5.73. The Morgan fingerprint density at radius 2 is 1.40 bits per heavy atom. The van der Waals surface area contributed by atoms with E-state index >= 15 is 0 Å². The fraction of sp³-hybridized carbons (Fsp3) is 0.143. The van der Waals surface area contributed by atoms with Crippen molar-refractivity contribution in [3.63, 3.8) is 0 Å². The molecule has 0 radical (unpaired) electrons. The molecular formula is C56H46N4OPt-2. The fourth-order valence-electron chi connectivity index (χ4n) is 7.98. The Balaban J connectivity index is 0.00000640. The molecule has 0 N–H and O–H groups in total. The van der Waals surface area contributed by atoms with Gasteiger partial charge >= 0.3 is 0 Å². The average molecular weight is 996 g/mol. The van der Waals surface area contributed by atoms with Crippen molar-refractivity contribution < 1.29 is 44.1 Å². The quantitative estimate of drug-likeness (QED) is 0.107. The van der Waals surface area contributed by atoms with Crippen molar-refractivity contribution in [2.24, 2.45) is 5.92 Å². The molecule has 6 heteroatoms. The van der Waals surface area contributed by atoms with E-state index in [1.165, 1.54) is 0 Å². The predicted molar refractivity (Wildman–Crippen MR) is 248 cm³/mol. The Labute approximate surface area is 392 Å². The van der Waals surface area contributed by atoms with Crippen molar-refractivity contribution in [1.29, 1.82) is 0 Å². The smallest absolute Gasteiger partial charge is 0.268 e. The van der Waals surface area contributed by atoms with E-state index in [4.69, 9.17) is 23.4 Å². The van der Waals surface area contributed by atoms with Crippen molar-refractivity contribution >= 4 is 32.8 Å². The molecule has 0 spiro atoms. The largest absolute Gasteiger partial charge is 0.510 e. The van der Waals surface area contributed by atoms with Crippen molar-refractivity contribution in [2.75, 3.05) is 0 Å². The van der Waals surface area contributed by atoms with Gasteiger partial charge in [-0.25, -0.2) is 4.98 Å². The van der Waals surface area contributed by atoms with Gasteiger partial charge in [-0.15, -0.1) is 29.7 Å². The van der Waals surface area contributed by atoms with Crippen LogP contribution in [0.2, 0.25) is 0 Å². The van der Waals surface area contributed by atoms with Crippen molar-refractivity contribution in [3.05, 3.63) is 199 Å². The maximum Gasteiger partial charge on any atom is 0.268 e. The van der Waals surface area contributed by atoms with Gasteiger partial charge in [0.25, 0.3) is 6.33 Å². The molecule has 62 heavy (non-hydrogen) atoms. The van der Waals surface area contributed by atoms with Gasteiger partial charge < -0.3 is 13.9 Å². The molecule has 10 aromatic rings. The normalized spacial score (nSPS) is 14.0. The van der Waals surface area contributed by atoms with Gasteiger partial charge in [-0.1, -0.05) is 155 Å². The van der Waals surface area contributed by atoms with E-state index < -0.39 is 60.4 Å². The maximum absolute atomic E-state index is 9.09. The molecule has 0 unspecified atom stereocenters. The number of imidazole rings is 1. The van der Waals surface area contributed by atoms with Gasteiger partial charge in [0.1, 0.15) is 5.82 Å². The number of hydrogen-bond donors (Lipinski definition) is 0. The molecule has 0 fully saturated rings. The second kappa shape index (κ2) is 16.7. The van der Waals surface area contributed by atoms with Gasteiger partial charge in [0, 0.05) is 44.3 Å². The number of pyridine rings is 1. The van der Waals surface area contributed by atoms with Crippen molar-refractivity contribution in [3.8, 4) is 50.9 Å². The molecule has 3 heterocycles. The van der Waals surface area contributed by atoms with E-state index in [0.29, 0.717) is 34.6 Å². The Bertz CT molecular complexity index is 3680. The summed E-state index contributed by atoms with van der Waals surface area (Å²) in [4.78, 5) is 4.81. The number of fused-ring (bicyclic) bond motifs is 4. The monoisotopic (exact) mass is 995 g/mol. The molecular weight excluding hydrogens is 940 g/mol. The first-order valence-corrected chi connectivity index (χ1v) is 20.2.